The van der Waals surface area contributed by atoms with Gasteiger partial charge in [-0.05, 0) is 34.5 Å². The summed E-state index contributed by atoms with van der Waals surface area (Å²) in [4.78, 5) is 20.0. The molecule has 2 heterocycles. The second-order valence-corrected chi connectivity index (χ2v) is 4.75. The molecule has 88 valence electrons. The molecular formula is C11H9BrClN3O. The predicted molar refractivity (Wildman–Crippen MR) is 69.3 cm³/mol. The maximum absolute atomic E-state index is 11.9. The molecule has 0 unspecified atom stereocenters. The van der Waals surface area contributed by atoms with Gasteiger partial charge in [0.05, 0.1) is 18.6 Å². The highest BCUT2D eigenvalue weighted by atomic mass is 79.9. The van der Waals surface area contributed by atoms with Crippen LogP contribution in [-0.4, -0.2) is 14.5 Å². The van der Waals surface area contributed by atoms with E-state index in [1.807, 2.05) is 6.07 Å². The summed E-state index contributed by atoms with van der Waals surface area (Å²) >= 11 is 8.91. The smallest absolute Gasteiger partial charge is 0.268 e. The first-order chi connectivity index (χ1) is 8.08. The summed E-state index contributed by atoms with van der Waals surface area (Å²) in [6, 6.07) is 3.52. The molecule has 2 rings (SSSR count). The highest BCUT2D eigenvalue weighted by molar-refractivity contribution is 9.10. The summed E-state index contributed by atoms with van der Waals surface area (Å²) in [5, 5.41) is 0.435. The van der Waals surface area contributed by atoms with Gasteiger partial charge in [-0.2, -0.15) is 0 Å². The van der Waals surface area contributed by atoms with Crippen LogP contribution >= 0.6 is 27.5 Å². The molecule has 0 fully saturated rings. The molecule has 4 nitrogen and oxygen atoms in total. The van der Waals surface area contributed by atoms with Crippen LogP contribution in [0.5, 0.6) is 0 Å². The number of rotatable bonds is 2. The predicted octanol–water partition coefficient (Wildman–Crippen LogP) is 2.41. The first-order valence-electron chi connectivity index (χ1n) is 4.90. The Hall–Kier alpha value is -1.20. The van der Waals surface area contributed by atoms with Gasteiger partial charge in [0.15, 0.2) is 0 Å². The maximum atomic E-state index is 11.9. The third-order valence-corrected chi connectivity index (χ3v) is 3.44. The fraction of sp³-hybridized carbons (Fsp3) is 0.182. The average Bonchev–Trinajstić information content (AvgIpc) is 2.33. The van der Waals surface area contributed by atoms with Crippen LogP contribution in [0.25, 0.3) is 0 Å². The van der Waals surface area contributed by atoms with Crippen LogP contribution in [0, 0.1) is 6.92 Å². The van der Waals surface area contributed by atoms with Gasteiger partial charge >= 0.3 is 0 Å². The van der Waals surface area contributed by atoms with E-state index in [0.29, 0.717) is 21.9 Å². The van der Waals surface area contributed by atoms with Gasteiger partial charge in [0, 0.05) is 6.20 Å². The largest absolute Gasteiger partial charge is 0.294 e. The molecule has 0 atom stereocenters. The zero-order valence-corrected chi connectivity index (χ0v) is 11.4. The molecule has 0 bridgehead atoms. The van der Waals surface area contributed by atoms with Gasteiger partial charge in [-0.25, -0.2) is 9.97 Å². The summed E-state index contributed by atoms with van der Waals surface area (Å²) < 4.78 is 2.00. The molecule has 0 aliphatic heterocycles. The zero-order valence-electron chi connectivity index (χ0n) is 9.02. The molecule has 17 heavy (non-hydrogen) atoms. The van der Waals surface area contributed by atoms with E-state index in [-0.39, 0.29) is 5.56 Å². The van der Waals surface area contributed by atoms with Crippen molar-refractivity contribution in [3.05, 3.63) is 55.9 Å². The summed E-state index contributed by atoms with van der Waals surface area (Å²) in [5.74, 6) is 0. The first kappa shape index (κ1) is 12.3. The Labute approximate surface area is 111 Å². The van der Waals surface area contributed by atoms with Crippen molar-refractivity contribution in [3.63, 3.8) is 0 Å². The van der Waals surface area contributed by atoms with Crippen LogP contribution in [0.3, 0.4) is 0 Å². The Kier molecular flexibility index (Phi) is 3.59. The van der Waals surface area contributed by atoms with Crippen molar-refractivity contribution < 1.29 is 0 Å². The van der Waals surface area contributed by atoms with Crippen molar-refractivity contribution >= 4 is 27.5 Å². The number of hydrogen-bond donors (Lipinski definition) is 0. The van der Waals surface area contributed by atoms with Crippen molar-refractivity contribution in [2.75, 3.05) is 0 Å². The molecule has 0 amide bonds. The molecule has 6 heteroatoms. The third kappa shape index (κ3) is 2.73. The highest BCUT2D eigenvalue weighted by Gasteiger charge is 2.05. The van der Waals surface area contributed by atoms with Crippen LogP contribution in [0.4, 0.5) is 0 Å². The lowest BCUT2D eigenvalue weighted by Gasteiger charge is -2.06. The van der Waals surface area contributed by atoms with E-state index in [0.717, 1.165) is 5.56 Å². The minimum atomic E-state index is -0.104. The van der Waals surface area contributed by atoms with Crippen molar-refractivity contribution in [1.82, 2.24) is 14.5 Å². The van der Waals surface area contributed by atoms with Crippen molar-refractivity contribution in [2.45, 2.75) is 13.5 Å². The molecule has 0 spiro atoms. The molecule has 0 saturated heterocycles. The van der Waals surface area contributed by atoms with Gasteiger partial charge in [0.2, 0.25) is 0 Å². The van der Waals surface area contributed by atoms with Crippen LogP contribution in [0.1, 0.15) is 11.3 Å². The average molecular weight is 315 g/mol. The Morgan fingerprint density at radius 2 is 2.18 bits per heavy atom. The Morgan fingerprint density at radius 3 is 2.82 bits per heavy atom. The summed E-state index contributed by atoms with van der Waals surface area (Å²) in [5.41, 5.74) is 1.47. The molecule has 2 aromatic heterocycles. The number of pyridine rings is 1. The molecule has 0 aliphatic carbocycles. The van der Waals surface area contributed by atoms with Gasteiger partial charge in [0.1, 0.15) is 9.63 Å². The van der Waals surface area contributed by atoms with Crippen molar-refractivity contribution in [1.29, 1.82) is 0 Å². The maximum Gasteiger partial charge on any atom is 0.268 e. The molecule has 0 N–H and O–H groups in total. The zero-order chi connectivity index (χ0) is 12.4. The van der Waals surface area contributed by atoms with Crippen LogP contribution in [0.15, 0.2) is 33.9 Å². The second kappa shape index (κ2) is 4.98. The minimum Gasteiger partial charge on any atom is -0.294 e. The van der Waals surface area contributed by atoms with Gasteiger partial charge < -0.3 is 0 Å². The normalized spacial score (nSPS) is 10.5. The van der Waals surface area contributed by atoms with E-state index >= 15 is 0 Å². The fourth-order valence-corrected chi connectivity index (χ4v) is 1.80. The standard InChI is InChI=1S/C11H9BrClN3O/c1-7-10(12)11(17)16(6-15-7)5-8-2-3-9(13)14-4-8/h2-4,6H,5H2,1H3. The number of aryl methyl sites for hydroxylation is 1. The number of nitrogens with zero attached hydrogens (tertiary/aromatic N) is 3. The van der Waals surface area contributed by atoms with Crippen LogP contribution in [0.2, 0.25) is 5.15 Å². The summed E-state index contributed by atoms with van der Waals surface area (Å²) in [7, 11) is 0. The SMILES string of the molecule is Cc1ncn(Cc2ccc(Cl)nc2)c(=O)c1Br. The molecule has 0 aromatic carbocycles. The summed E-state index contributed by atoms with van der Waals surface area (Å²) in [6.45, 7) is 2.20. The van der Waals surface area contributed by atoms with Crippen LogP contribution < -0.4 is 5.56 Å². The monoisotopic (exact) mass is 313 g/mol. The van der Waals surface area contributed by atoms with Gasteiger partial charge in [-0.15, -0.1) is 0 Å². The number of hydrogen-bond acceptors (Lipinski definition) is 3. The highest BCUT2D eigenvalue weighted by Crippen LogP contribution is 2.09. The van der Waals surface area contributed by atoms with Gasteiger partial charge in [0.25, 0.3) is 5.56 Å². The van der Waals surface area contributed by atoms with E-state index in [2.05, 4.69) is 25.9 Å². The lowest BCUT2D eigenvalue weighted by Crippen LogP contribution is -2.22. The van der Waals surface area contributed by atoms with E-state index in [1.54, 1.807) is 19.2 Å². The molecular weight excluding hydrogens is 305 g/mol. The van der Waals surface area contributed by atoms with E-state index in [4.69, 9.17) is 11.6 Å². The lowest BCUT2D eigenvalue weighted by molar-refractivity contribution is 0.722. The quantitative estimate of drug-likeness (QED) is 0.800. The van der Waals surface area contributed by atoms with E-state index in [9.17, 15) is 4.79 Å². The molecule has 2 aromatic rings. The Bertz CT molecular complexity index is 595. The minimum absolute atomic E-state index is 0.104. The second-order valence-electron chi connectivity index (χ2n) is 3.57. The number of halogens is 2. The molecule has 0 saturated carbocycles. The third-order valence-electron chi connectivity index (χ3n) is 2.30. The fourth-order valence-electron chi connectivity index (χ4n) is 1.36. The van der Waals surface area contributed by atoms with Crippen molar-refractivity contribution in [2.24, 2.45) is 0 Å². The topological polar surface area (TPSA) is 47.8 Å². The Morgan fingerprint density at radius 1 is 1.41 bits per heavy atom. The van der Waals surface area contributed by atoms with Crippen molar-refractivity contribution in [3.8, 4) is 0 Å². The van der Waals surface area contributed by atoms with E-state index in [1.165, 1.54) is 10.9 Å². The van der Waals surface area contributed by atoms with Gasteiger partial charge in [-0.1, -0.05) is 17.7 Å². The molecule has 0 radical (unpaired) electrons. The first-order valence-corrected chi connectivity index (χ1v) is 6.07. The Balaban J connectivity index is 2.34. The molecule has 0 aliphatic rings. The van der Waals surface area contributed by atoms with Crippen LogP contribution in [-0.2, 0) is 6.54 Å². The number of aromatic nitrogens is 3. The van der Waals surface area contributed by atoms with E-state index < -0.39 is 0 Å². The summed E-state index contributed by atoms with van der Waals surface area (Å²) in [6.07, 6.45) is 3.17. The van der Waals surface area contributed by atoms with Gasteiger partial charge in [-0.3, -0.25) is 9.36 Å². The lowest BCUT2D eigenvalue weighted by atomic mass is 10.3.